The first-order chi connectivity index (χ1) is 9.99. The average Bonchev–Trinajstić information content (AvgIpc) is 2.86. The number of nitrogens with zero attached hydrogens (tertiary/aromatic N) is 3. The van der Waals surface area contributed by atoms with Gasteiger partial charge in [0.15, 0.2) is 11.9 Å². The molecule has 0 aromatic carbocycles. The molecule has 1 aliphatic heterocycles. The van der Waals surface area contributed by atoms with E-state index in [0.717, 1.165) is 25.9 Å². The highest BCUT2D eigenvalue weighted by molar-refractivity contribution is 5.76. The third-order valence-corrected chi connectivity index (χ3v) is 3.84. The zero-order chi connectivity index (χ0) is 15.4. The minimum absolute atomic E-state index is 0.197. The van der Waals surface area contributed by atoms with Crippen LogP contribution >= 0.6 is 0 Å². The molecule has 1 aromatic rings. The second kappa shape index (κ2) is 7.02. The number of hydrogen-bond acceptors (Lipinski definition) is 6. The maximum atomic E-state index is 12.5. The molecular weight excluding hydrogens is 270 g/mol. The van der Waals surface area contributed by atoms with Crippen LogP contribution in [0.1, 0.15) is 57.9 Å². The van der Waals surface area contributed by atoms with Crippen molar-refractivity contribution >= 4 is 5.97 Å². The molecule has 0 radical (unpaired) electrons. The second-order valence-electron chi connectivity index (χ2n) is 6.04. The molecule has 1 saturated heterocycles. The molecule has 1 aliphatic rings. The highest BCUT2D eigenvalue weighted by Crippen LogP contribution is 2.22. The Bertz CT molecular complexity index is 466. The molecule has 2 atom stereocenters. The fourth-order valence-electron chi connectivity index (χ4n) is 2.81. The van der Waals surface area contributed by atoms with E-state index in [2.05, 4.69) is 28.9 Å². The molecule has 0 saturated carbocycles. The van der Waals surface area contributed by atoms with Crippen LogP contribution in [-0.2, 0) is 9.53 Å². The molecule has 0 bridgehead atoms. The lowest BCUT2D eigenvalue weighted by Crippen LogP contribution is -2.48. The number of hydrogen-bond donors (Lipinski definition) is 0. The fraction of sp³-hybridized carbons (Fsp3) is 0.800. The third kappa shape index (κ3) is 4.03. The van der Waals surface area contributed by atoms with Crippen molar-refractivity contribution in [2.45, 2.75) is 59.1 Å². The lowest BCUT2D eigenvalue weighted by Gasteiger charge is -2.35. The summed E-state index contributed by atoms with van der Waals surface area (Å²) in [6, 6.07) is -0.197. The van der Waals surface area contributed by atoms with Gasteiger partial charge < -0.3 is 9.26 Å². The first-order valence-electron chi connectivity index (χ1n) is 7.73. The zero-order valence-electron chi connectivity index (χ0n) is 13.3. The zero-order valence-corrected chi connectivity index (χ0v) is 13.3. The second-order valence-corrected chi connectivity index (χ2v) is 6.04. The summed E-state index contributed by atoms with van der Waals surface area (Å²) >= 11 is 0. The van der Waals surface area contributed by atoms with Crippen molar-refractivity contribution in [3.63, 3.8) is 0 Å². The minimum Gasteiger partial charge on any atom is -0.451 e. The molecule has 6 nitrogen and oxygen atoms in total. The van der Waals surface area contributed by atoms with E-state index >= 15 is 0 Å². The van der Waals surface area contributed by atoms with E-state index in [9.17, 15) is 4.79 Å². The number of aryl methyl sites for hydroxylation is 1. The Hall–Kier alpha value is -1.43. The maximum absolute atomic E-state index is 12.5. The van der Waals surface area contributed by atoms with Gasteiger partial charge in [0.05, 0.1) is 0 Å². The summed E-state index contributed by atoms with van der Waals surface area (Å²) < 4.78 is 10.6. The Labute approximate surface area is 125 Å². The quantitative estimate of drug-likeness (QED) is 0.777. The summed E-state index contributed by atoms with van der Waals surface area (Å²) in [7, 11) is 0. The van der Waals surface area contributed by atoms with Crippen LogP contribution in [-0.4, -0.2) is 40.1 Å². The van der Waals surface area contributed by atoms with Crippen molar-refractivity contribution in [1.82, 2.24) is 15.0 Å². The Morgan fingerprint density at radius 1 is 1.24 bits per heavy atom. The van der Waals surface area contributed by atoms with Gasteiger partial charge in [-0.3, -0.25) is 9.69 Å². The van der Waals surface area contributed by atoms with Gasteiger partial charge in [-0.1, -0.05) is 25.4 Å². The van der Waals surface area contributed by atoms with E-state index in [0.29, 0.717) is 11.7 Å². The molecule has 118 valence electrons. The van der Waals surface area contributed by atoms with Crippen molar-refractivity contribution < 1.29 is 14.1 Å². The van der Waals surface area contributed by atoms with Gasteiger partial charge in [0.2, 0.25) is 0 Å². The van der Waals surface area contributed by atoms with Crippen LogP contribution in [0, 0.1) is 12.8 Å². The van der Waals surface area contributed by atoms with Gasteiger partial charge in [0.1, 0.15) is 6.04 Å². The maximum Gasteiger partial charge on any atom is 0.324 e. The number of carbonyl (C=O) groups is 1. The molecule has 6 heteroatoms. The molecule has 2 heterocycles. The van der Waals surface area contributed by atoms with Gasteiger partial charge in [-0.15, -0.1) is 0 Å². The Kier molecular flexibility index (Phi) is 5.33. The lowest BCUT2D eigenvalue weighted by molar-refractivity contribution is -0.158. The molecule has 1 fully saturated rings. The van der Waals surface area contributed by atoms with Crippen LogP contribution in [0.4, 0.5) is 0 Å². The molecule has 0 N–H and O–H groups in total. The van der Waals surface area contributed by atoms with Gasteiger partial charge in [-0.05, 0) is 45.7 Å². The van der Waals surface area contributed by atoms with E-state index in [1.54, 1.807) is 13.8 Å². The fourth-order valence-corrected chi connectivity index (χ4v) is 2.81. The van der Waals surface area contributed by atoms with Crippen LogP contribution in [0.3, 0.4) is 0 Å². The van der Waals surface area contributed by atoms with E-state index in [1.165, 1.54) is 6.42 Å². The van der Waals surface area contributed by atoms with Crippen molar-refractivity contribution in [1.29, 1.82) is 0 Å². The molecular formula is C15H25N3O3. The molecule has 0 spiro atoms. The van der Waals surface area contributed by atoms with Crippen molar-refractivity contribution in [3.8, 4) is 0 Å². The highest BCUT2D eigenvalue weighted by Gasteiger charge is 2.33. The molecule has 0 amide bonds. The Balaban J connectivity index is 2.01. The minimum atomic E-state index is -0.509. The number of carbonyl (C=O) groups excluding carboxylic acids is 1. The predicted molar refractivity (Wildman–Crippen MR) is 77.6 cm³/mol. The molecule has 2 rings (SSSR count). The van der Waals surface area contributed by atoms with Gasteiger partial charge in [0.25, 0.3) is 5.89 Å². The first kappa shape index (κ1) is 15.9. The monoisotopic (exact) mass is 295 g/mol. The number of esters is 1. The van der Waals surface area contributed by atoms with E-state index < -0.39 is 6.10 Å². The van der Waals surface area contributed by atoms with Gasteiger partial charge in [0, 0.05) is 0 Å². The van der Waals surface area contributed by atoms with Crippen LogP contribution < -0.4 is 0 Å². The number of piperidine rings is 1. The van der Waals surface area contributed by atoms with Crippen molar-refractivity contribution in [3.05, 3.63) is 11.7 Å². The van der Waals surface area contributed by atoms with Crippen LogP contribution in [0.15, 0.2) is 4.52 Å². The topological polar surface area (TPSA) is 68.5 Å². The molecule has 21 heavy (non-hydrogen) atoms. The van der Waals surface area contributed by atoms with E-state index in [-0.39, 0.29) is 17.9 Å². The Morgan fingerprint density at radius 3 is 2.43 bits per heavy atom. The Morgan fingerprint density at radius 2 is 1.90 bits per heavy atom. The van der Waals surface area contributed by atoms with Crippen molar-refractivity contribution in [2.24, 2.45) is 5.92 Å². The third-order valence-electron chi connectivity index (χ3n) is 3.84. The first-order valence-corrected chi connectivity index (χ1v) is 7.73. The molecule has 1 aromatic heterocycles. The highest BCUT2D eigenvalue weighted by atomic mass is 16.6. The SMILES string of the molecule is Cc1noc(C(C)OC(=O)C(C(C)C)N2CCCCC2)n1. The average molecular weight is 295 g/mol. The summed E-state index contributed by atoms with van der Waals surface area (Å²) in [6.45, 7) is 9.55. The molecule has 2 unspecified atom stereocenters. The normalized spacial score (nSPS) is 19.5. The van der Waals surface area contributed by atoms with Gasteiger partial charge >= 0.3 is 5.97 Å². The van der Waals surface area contributed by atoms with Crippen molar-refractivity contribution in [2.75, 3.05) is 13.1 Å². The molecule has 0 aliphatic carbocycles. The van der Waals surface area contributed by atoms with E-state index in [4.69, 9.17) is 9.26 Å². The number of ether oxygens (including phenoxy) is 1. The number of likely N-dealkylation sites (tertiary alicyclic amines) is 1. The lowest BCUT2D eigenvalue weighted by atomic mass is 9.99. The summed E-state index contributed by atoms with van der Waals surface area (Å²) in [4.78, 5) is 18.9. The van der Waals surface area contributed by atoms with Crippen LogP contribution in [0.2, 0.25) is 0 Å². The summed E-state index contributed by atoms with van der Waals surface area (Å²) in [5.41, 5.74) is 0. The predicted octanol–water partition coefficient (Wildman–Crippen LogP) is 2.49. The van der Waals surface area contributed by atoms with Crippen LogP contribution in [0.25, 0.3) is 0 Å². The number of rotatable bonds is 5. The standard InChI is InChI=1S/C15H25N3O3/c1-10(2)13(18-8-6-5-7-9-18)15(19)20-11(3)14-16-12(4)17-21-14/h10-11,13H,5-9H2,1-4H3. The smallest absolute Gasteiger partial charge is 0.324 e. The summed E-state index contributed by atoms with van der Waals surface area (Å²) in [5.74, 6) is 0.911. The number of aromatic nitrogens is 2. The van der Waals surface area contributed by atoms with Crippen LogP contribution in [0.5, 0.6) is 0 Å². The summed E-state index contributed by atoms with van der Waals surface area (Å²) in [5, 5.41) is 3.73. The van der Waals surface area contributed by atoms with Gasteiger partial charge in [-0.2, -0.15) is 4.98 Å². The largest absolute Gasteiger partial charge is 0.451 e. The summed E-state index contributed by atoms with van der Waals surface area (Å²) in [6.07, 6.45) is 3.03. The van der Waals surface area contributed by atoms with Gasteiger partial charge in [-0.25, -0.2) is 0 Å². The van der Waals surface area contributed by atoms with E-state index in [1.807, 2.05) is 0 Å².